The predicted octanol–water partition coefficient (Wildman–Crippen LogP) is 0.705. The van der Waals surface area contributed by atoms with Gasteiger partial charge in [0.05, 0.1) is 0 Å². The van der Waals surface area contributed by atoms with Gasteiger partial charge in [0.25, 0.3) is 0 Å². The third-order valence-corrected chi connectivity index (χ3v) is 4.58. The van der Waals surface area contributed by atoms with E-state index >= 15 is 0 Å². The molecule has 106 valence electrons. The van der Waals surface area contributed by atoms with E-state index in [9.17, 15) is 0 Å². The smallest absolute Gasteiger partial charge is 0.0219 e. The molecule has 4 heteroatoms. The first kappa shape index (κ1) is 14.3. The van der Waals surface area contributed by atoms with E-state index in [1.165, 1.54) is 51.4 Å². The monoisotopic (exact) mass is 254 g/mol. The summed E-state index contributed by atoms with van der Waals surface area (Å²) in [4.78, 5) is 0. The van der Waals surface area contributed by atoms with Crippen LogP contribution in [0, 0.1) is 0 Å². The van der Waals surface area contributed by atoms with Gasteiger partial charge in [-0.15, -0.1) is 0 Å². The number of rotatable bonds is 5. The van der Waals surface area contributed by atoms with Crippen LogP contribution in [0.15, 0.2) is 0 Å². The quantitative estimate of drug-likeness (QED) is 0.545. The number of hydrogen-bond acceptors (Lipinski definition) is 4. The predicted molar refractivity (Wildman–Crippen MR) is 76.5 cm³/mol. The summed E-state index contributed by atoms with van der Waals surface area (Å²) in [5.41, 5.74) is 12.2. The zero-order chi connectivity index (χ0) is 12.8. The van der Waals surface area contributed by atoms with Gasteiger partial charge in [-0.25, -0.2) is 0 Å². The van der Waals surface area contributed by atoms with Gasteiger partial charge in [-0.3, -0.25) is 0 Å². The Kier molecular flexibility index (Phi) is 5.89. The average Bonchev–Trinajstić information content (AvgIpc) is 2.38. The highest BCUT2D eigenvalue weighted by atomic mass is 15.0. The molecule has 0 unspecified atom stereocenters. The van der Waals surface area contributed by atoms with E-state index in [1.54, 1.807) is 0 Å². The maximum Gasteiger partial charge on any atom is 0.0219 e. The van der Waals surface area contributed by atoms with Crippen LogP contribution in [-0.2, 0) is 0 Å². The molecular formula is C14H30N4. The van der Waals surface area contributed by atoms with E-state index in [-0.39, 0.29) is 0 Å². The van der Waals surface area contributed by atoms with Crippen molar-refractivity contribution in [3.8, 4) is 0 Å². The first-order chi connectivity index (χ1) is 8.77. The Hall–Kier alpha value is -0.160. The molecule has 0 spiro atoms. The molecule has 4 nitrogen and oxygen atoms in total. The van der Waals surface area contributed by atoms with Crippen molar-refractivity contribution in [3.05, 3.63) is 0 Å². The van der Waals surface area contributed by atoms with Crippen molar-refractivity contribution in [3.63, 3.8) is 0 Å². The molecule has 2 aliphatic carbocycles. The molecule has 0 amide bonds. The van der Waals surface area contributed by atoms with E-state index in [0.29, 0.717) is 24.2 Å². The first-order valence-corrected chi connectivity index (χ1v) is 7.75. The van der Waals surface area contributed by atoms with Crippen molar-refractivity contribution in [1.29, 1.82) is 0 Å². The lowest BCUT2D eigenvalue weighted by molar-refractivity contribution is 0.306. The molecule has 4 atom stereocenters. The second-order valence-corrected chi connectivity index (χ2v) is 6.02. The molecule has 0 aromatic carbocycles. The van der Waals surface area contributed by atoms with Crippen LogP contribution in [0.25, 0.3) is 0 Å². The van der Waals surface area contributed by atoms with Gasteiger partial charge >= 0.3 is 0 Å². The highest BCUT2D eigenvalue weighted by Gasteiger charge is 2.22. The van der Waals surface area contributed by atoms with E-state index in [2.05, 4.69) is 10.6 Å². The van der Waals surface area contributed by atoms with Gasteiger partial charge in [0.1, 0.15) is 0 Å². The maximum atomic E-state index is 6.12. The lowest BCUT2D eigenvalue weighted by atomic mass is 9.90. The largest absolute Gasteiger partial charge is 0.326 e. The minimum atomic E-state index is 0.357. The lowest BCUT2D eigenvalue weighted by Gasteiger charge is -2.31. The minimum absolute atomic E-state index is 0.357. The third kappa shape index (κ3) is 4.19. The van der Waals surface area contributed by atoms with Gasteiger partial charge in [-0.2, -0.15) is 0 Å². The Labute approximate surface area is 111 Å². The highest BCUT2D eigenvalue weighted by Crippen LogP contribution is 2.17. The molecule has 0 bridgehead atoms. The molecule has 6 N–H and O–H groups in total. The fourth-order valence-corrected chi connectivity index (χ4v) is 3.34. The van der Waals surface area contributed by atoms with Crippen molar-refractivity contribution < 1.29 is 0 Å². The van der Waals surface area contributed by atoms with E-state index in [1.807, 2.05) is 0 Å². The van der Waals surface area contributed by atoms with Crippen LogP contribution in [0.5, 0.6) is 0 Å². The summed E-state index contributed by atoms with van der Waals surface area (Å²) < 4.78 is 0. The Balaban J connectivity index is 1.57. The molecule has 18 heavy (non-hydrogen) atoms. The summed E-state index contributed by atoms with van der Waals surface area (Å²) in [6.07, 6.45) is 10.1. The molecule has 2 aliphatic rings. The molecule has 0 aromatic heterocycles. The standard InChI is InChI=1S/C14H30N4/c15-11-5-1-3-7-13(11)17-9-10-18-14-8-4-2-6-12(14)16/h11-14,17-18H,1-10,15-16H2/t11-,12+,13-,14-/m1/s1. The molecule has 2 rings (SSSR count). The maximum absolute atomic E-state index is 6.12. The van der Waals surface area contributed by atoms with E-state index < -0.39 is 0 Å². The second-order valence-electron chi connectivity index (χ2n) is 6.02. The van der Waals surface area contributed by atoms with Gasteiger partial charge in [0, 0.05) is 37.3 Å². The van der Waals surface area contributed by atoms with Crippen molar-refractivity contribution in [2.45, 2.75) is 75.5 Å². The number of hydrogen-bond donors (Lipinski definition) is 4. The summed E-state index contributed by atoms with van der Waals surface area (Å²) in [5, 5.41) is 7.19. The minimum Gasteiger partial charge on any atom is -0.326 e. The zero-order valence-electron chi connectivity index (χ0n) is 11.5. The summed E-state index contributed by atoms with van der Waals surface area (Å²) in [5.74, 6) is 0. The van der Waals surface area contributed by atoms with Crippen LogP contribution in [0.4, 0.5) is 0 Å². The van der Waals surface area contributed by atoms with Crippen LogP contribution < -0.4 is 22.1 Å². The van der Waals surface area contributed by atoms with Gasteiger partial charge in [0.15, 0.2) is 0 Å². The van der Waals surface area contributed by atoms with Gasteiger partial charge < -0.3 is 22.1 Å². The van der Waals surface area contributed by atoms with Crippen molar-refractivity contribution >= 4 is 0 Å². The van der Waals surface area contributed by atoms with E-state index in [0.717, 1.165) is 13.1 Å². The summed E-state index contributed by atoms with van der Waals surface area (Å²) >= 11 is 0. The van der Waals surface area contributed by atoms with Crippen LogP contribution in [0.2, 0.25) is 0 Å². The first-order valence-electron chi connectivity index (χ1n) is 7.75. The highest BCUT2D eigenvalue weighted by molar-refractivity contribution is 4.86. The molecule has 0 radical (unpaired) electrons. The van der Waals surface area contributed by atoms with Gasteiger partial charge in [0.2, 0.25) is 0 Å². The van der Waals surface area contributed by atoms with E-state index in [4.69, 9.17) is 11.5 Å². The SMILES string of the molecule is N[C@@H]1CCCC[C@H]1NCCN[C@@H]1CCCC[C@@H]1N. The molecule has 2 saturated carbocycles. The topological polar surface area (TPSA) is 76.1 Å². The van der Waals surface area contributed by atoms with Crippen molar-refractivity contribution in [2.24, 2.45) is 11.5 Å². The Morgan fingerprint density at radius 3 is 1.44 bits per heavy atom. The Morgan fingerprint density at radius 1 is 0.667 bits per heavy atom. The zero-order valence-corrected chi connectivity index (χ0v) is 11.5. The van der Waals surface area contributed by atoms with Gasteiger partial charge in [-0.05, 0) is 25.7 Å². The second kappa shape index (κ2) is 7.43. The summed E-state index contributed by atoms with van der Waals surface area (Å²) in [6, 6.07) is 1.77. The van der Waals surface area contributed by atoms with Gasteiger partial charge in [-0.1, -0.05) is 25.7 Å². The molecule has 0 heterocycles. The van der Waals surface area contributed by atoms with Crippen LogP contribution in [-0.4, -0.2) is 37.3 Å². The van der Waals surface area contributed by atoms with Crippen LogP contribution >= 0.6 is 0 Å². The molecule has 2 fully saturated rings. The van der Waals surface area contributed by atoms with Crippen molar-refractivity contribution in [2.75, 3.05) is 13.1 Å². The lowest BCUT2D eigenvalue weighted by Crippen LogP contribution is -2.51. The Bertz CT molecular complexity index is 210. The fourth-order valence-electron chi connectivity index (χ4n) is 3.34. The molecular weight excluding hydrogens is 224 g/mol. The molecule has 0 aliphatic heterocycles. The van der Waals surface area contributed by atoms with Crippen molar-refractivity contribution in [1.82, 2.24) is 10.6 Å². The third-order valence-electron chi connectivity index (χ3n) is 4.58. The van der Waals surface area contributed by atoms with Crippen LogP contribution in [0.1, 0.15) is 51.4 Å². The normalized spacial score (nSPS) is 37.7. The van der Waals surface area contributed by atoms with Crippen LogP contribution in [0.3, 0.4) is 0 Å². The molecule has 0 saturated heterocycles. The Morgan fingerprint density at radius 2 is 1.06 bits per heavy atom. The summed E-state index contributed by atoms with van der Waals surface area (Å²) in [7, 11) is 0. The fraction of sp³-hybridized carbons (Fsp3) is 1.00. The average molecular weight is 254 g/mol. The molecule has 0 aromatic rings. The number of nitrogens with one attached hydrogen (secondary N) is 2. The number of nitrogens with two attached hydrogens (primary N) is 2. The summed E-state index contributed by atoms with van der Waals surface area (Å²) in [6.45, 7) is 2.03.